The lowest BCUT2D eigenvalue weighted by Gasteiger charge is -2.13. The molecule has 0 saturated heterocycles. The van der Waals surface area contributed by atoms with Crippen molar-refractivity contribution in [2.45, 2.75) is 38.5 Å². The van der Waals surface area contributed by atoms with E-state index in [9.17, 15) is 0 Å². The minimum absolute atomic E-state index is 0.571. The fraction of sp³-hybridized carbons (Fsp3) is 0.615. The van der Waals surface area contributed by atoms with Gasteiger partial charge in [-0.1, -0.05) is 6.92 Å². The predicted octanol–water partition coefficient (Wildman–Crippen LogP) is 3.55. The highest BCUT2D eigenvalue weighted by Crippen LogP contribution is 2.33. The third-order valence-corrected chi connectivity index (χ3v) is 3.95. The van der Waals surface area contributed by atoms with Crippen molar-refractivity contribution in [1.29, 1.82) is 0 Å². The molecule has 1 unspecified atom stereocenters. The Morgan fingerprint density at radius 3 is 3.06 bits per heavy atom. The van der Waals surface area contributed by atoms with E-state index < -0.39 is 0 Å². The van der Waals surface area contributed by atoms with Gasteiger partial charge in [0.1, 0.15) is 5.82 Å². The first kappa shape index (κ1) is 11.8. The molecule has 1 aromatic rings. The van der Waals surface area contributed by atoms with Gasteiger partial charge in [0.25, 0.3) is 0 Å². The molecule has 0 radical (unpaired) electrons. The Labute approximate surface area is 102 Å². The fourth-order valence-electron chi connectivity index (χ4n) is 1.81. The summed E-state index contributed by atoms with van der Waals surface area (Å²) in [6.07, 6.45) is 4.66. The number of hydrogen-bond acceptors (Lipinski definition) is 3. The molecule has 0 bridgehead atoms. The standard InChI is InChI=1S/C13H20N2S/c1-3-16-9-11-6-7-14-13(8-11)15-10(2)12-4-5-12/h6-8,10,12H,3-5,9H2,1-2H3,(H,14,15). The zero-order chi connectivity index (χ0) is 11.4. The molecule has 16 heavy (non-hydrogen) atoms. The topological polar surface area (TPSA) is 24.9 Å². The predicted molar refractivity (Wildman–Crippen MR) is 71.9 cm³/mol. The summed E-state index contributed by atoms with van der Waals surface area (Å²) in [7, 11) is 0. The zero-order valence-corrected chi connectivity index (χ0v) is 10.9. The summed E-state index contributed by atoms with van der Waals surface area (Å²) in [6.45, 7) is 4.45. The molecule has 1 aliphatic rings. The number of pyridine rings is 1. The largest absolute Gasteiger partial charge is 0.367 e. The lowest BCUT2D eigenvalue weighted by Crippen LogP contribution is -2.18. The van der Waals surface area contributed by atoms with Crippen LogP contribution in [0.15, 0.2) is 18.3 Å². The maximum Gasteiger partial charge on any atom is 0.126 e. The molecule has 3 heteroatoms. The Bertz CT molecular complexity index is 336. The van der Waals surface area contributed by atoms with Gasteiger partial charge < -0.3 is 5.32 Å². The van der Waals surface area contributed by atoms with Crippen LogP contribution in [0.4, 0.5) is 5.82 Å². The minimum Gasteiger partial charge on any atom is -0.367 e. The van der Waals surface area contributed by atoms with Crippen LogP contribution < -0.4 is 5.32 Å². The molecule has 88 valence electrons. The molecule has 1 fully saturated rings. The first-order valence-corrected chi connectivity index (χ1v) is 7.24. The number of nitrogens with one attached hydrogen (secondary N) is 1. The molecular formula is C13H20N2S. The average Bonchev–Trinajstić information content (AvgIpc) is 3.10. The van der Waals surface area contributed by atoms with Crippen molar-refractivity contribution in [2.24, 2.45) is 5.92 Å². The normalized spacial score (nSPS) is 17.1. The zero-order valence-electron chi connectivity index (χ0n) is 10.1. The molecule has 0 aliphatic heterocycles. The first-order valence-electron chi connectivity index (χ1n) is 6.09. The van der Waals surface area contributed by atoms with Crippen molar-refractivity contribution >= 4 is 17.6 Å². The Hall–Kier alpha value is -0.700. The summed E-state index contributed by atoms with van der Waals surface area (Å²) in [4.78, 5) is 4.38. The van der Waals surface area contributed by atoms with E-state index in [2.05, 4.69) is 36.3 Å². The van der Waals surface area contributed by atoms with Gasteiger partial charge in [0.15, 0.2) is 0 Å². The number of hydrogen-bond donors (Lipinski definition) is 1. The number of thioether (sulfide) groups is 1. The molecule has 0 aromatic carbocycles. The van der Waals surface area contributed by atoms with Crippen LogP contribution in [0.3, 0.4) is 0 Å². The third-order valence-electron chi connectivity index (χ3n) is 3.00. The summed E-state index contributed by atoms with van der Waals surface area (Å²) in [5.41, 5.74) is 1.37. The van der Waals surface area contributed by atoms with Crippen LogP contribution in [-0.2, 0) is 5.75 Å². The number of nitrogens with zero attached hydrogens (tertiary/aromatic N) is 1. The highest BCUT2D eigenvalue weighted by Gasteiger charge is 2.27. The molecule has 1 aliphatic carbocycles. The van der Waals surface area contributed by atoms with E-state index in [0.29, 0.717) is 6.04 Å². The van der Waals surface area contributed by atoms with Crippen molar-refractivity contribution in [3.8, 4) is 0 Å². The second-order valence-corrected chi connectivity index (χ2v) is 5.73. The van der Waals surface area contributed by atoms with Gasteiger partial charge in [-0.05, 0) is 49.1 Å². The lowest BCUT2D eigenvalue weighted by molar-refractivity contribution is 0.690. The summed E-state index contributed by atoms with van der Waals surface area (Å²) in [5.74, 6) is 4.17. The van der Waals surface area contributed by atoms with Crippen molar-refractivity contribution < 1.29 is 0 Å². The molecule has 2 nitrogen and oxygen atoms in total. The van der Waals surface area contributed by atoms with Crippen molar-refractivity contribution in [3.63, 3.8) is 0 Å². The monoisotopic (exact) mass is 236 g/mol. The molecular weight excluding hydrogens is 216 g/mol. The number of aromatic nitrogens is 1. The molecule has 1 saturated carbocycles. The van der Waals surface area contributed by atoms with Gasteiger partial charge in [-0.15, -0.1) is 0 Å². The Balaban J connectivity index is 1.92. The maximum absolute atomic E-state index is 4.38. The van der Waals surface area contributed by atoms with Gasteiger partial charge in [-0.2, -0.15) is 11.8 Å². The summed E-state index contributed by atoms with van der Waals surface area (Å²) >= 11 is 1.95. The molecule has 1 N–H and O–H groups in total. The van der Waals surface area contributed by atoms with Crippen molar-refractivity contribution in [1.82, 2.24) is 4.98 Å². The molecule has 1 heterocycles. The van der Waals surface area contributed by atoms with Gasteiger partial charge in [-0.3, -0.25) is 0 Å². The second kappa shape index (κ2) is 5.58. The summed E-state index contributed by atoms with van der Waals surface area (Å²) in [5, 5.41) is 3.50. The Kier molecular flexibility index (Phi) is 4.10. The van der Waals surface area contributed by atoms with E-state index in [1.807, 2.05) is 18.0 Å². The van der Waals surface area contributed by atoms with E-state index in [0.717, 1.165) is 17.5 Å². The van der Waals surface area contributed by atoms with E-state index in [1.54, 1.807) is 0 Å². The maximum atomic E-state index is 4.38. The summed E-state index contributed by atoms with van der Waals surface area (Å²) in [6, 6.07) is 4.86. The van der Waals surface area contributed by atoms with E-state index in [1.165, 1.54) is 24.2 Å². The van der Waals surface area contributed by atoms with Gasteiger partial charge in [0.05, 0.1) is 0 Å². The smallest absolute Gasteiger partial charge is 0.126 e. The molecule has 0 spiro atoms. The quantitative estimate of drug-likeness (QED) is 0.817. The minimum atomic E-state index is 0.571. The molecule has 0 amide bonds. The van der Waals surface area contributed by atoms with Crippen LogP contribution in [0.25, 0.3) is 0 Å². The van der Waals surface area contributed by atoms with E-state index in [-0.39, 0.29) is 0 Å². The van der Waals surface area contributed by atoms with Crippen LogP contribution in [0.2, 0.25) is 0 Å². The third kappa shape index (κ3) is 3.41. The molecule has 2 rings (SSSR count). The second-order valence-electron chi connectivity index (χ2n) is 4.46. The molecule has 1 aromatic heterocycles. The Morgan fingerprint density at radius 2 is 2.38 bits per heavy atom. The van der Waals surface area contributed by atoms with Gasteiger partial charge in [-0.25, -0.2) is 4.98 Å². The van der Waals surface area contributed by atoms with Crippen molar-refractivity contribution in [3.05, 3.63) is 23.9 Å². The van der Waals surface area contributed by atoms with Crippen LogP contribution >= 0.6 is 11.8 Å². The van der Waals surface area contributed by atoms with Crippen LogP contribution in [0.5, 0.6) is 0 Å². The van der Waals surface area contributed by atoms with E-state index >= 15 is 0 Å². The summed E-state index contributed by atoms with van der Waals surface area (Å²) < 4.78 is 0. The van der Waals surface area contributed by atoms with Crippen molar-refractivity contribution in [2.75, 3.05) is 11.1 Å². The van der Waals surface area contributed by atoms with Crippen LogP contribution in [0, 0.1) is 5.92 Å². The Morgan fingerprint density at radius 1 is 1.56 bits per heavy atom. The van der Waals surface area contributed by atoms with Crippen LogP contribution in [-0.4, -0.2) is 16.8 Å². The first-order chi connectivity index (χ1) is 7.79. The fourth-order valence-corrected chi connectivity index (χ4v) is 2.43. The van der Waals surface area contributed by atoms with Gasteiger partial charge in [0.2, 0.25) is 0 Å². The lowest BCUT2D eigenvalue weighted by atomic mass is 10.2. The molecule has 1 atom stereocenters. The van der Waals surface area contributed by atoms with Gasteiger partial charge >= 0.3 is 0 Å². The average molecular weight is 236 g/mol. The number of anilines is 1. The SMILES string of the molecule is CCSCc1ccnc(NC(C)C2CC2)c1. The van der Waals surface area contributed by atoms with Crippen LogP contribution in [0.1, 0.15) is 32.3 Å². The highest BCUT2D eigenvalue weighted by atomic mass is 32.2. The number of rotatable bonds is 6. The van der Waals surface area contributed by atoms with E-state index in [4.69, 9.17) is 0 Å². The van der Waals surface area contributed by atoms with Gasteiger partial charge in [0, 0.05) is 18.0 Å². The highest BCUT2D eigenvalue weighted by molar-refractivity contribution is 7.98.